The summed E-state index contributed by atoms with van der Waals surface area (Å²) in [6.45, 7) is 6.02. The zero-order valence-corrected chi connectivity index (χ0v) is 13.0. The van der Waals surface area contributed by atoms with Gasteiger partial charge in [-0.25, -0.2) is 4.39 Å². The molecule has 1 aromatic carbocycles. The number of rotatable bonds is 3. The number of benzene rings is 1. The Kier molecular flexibility index (Phi) is 4.85. The molecule has 1 saturated carbocycles. The molecule has 0 spiro atoms. The molecule has 1 aromatic rings. The molecule has 2 heteroatoms. The lowest BCUT2D eigenvalue weighted by Crippen LogP contribution is -2.27. The van der Waals surface area contributed by atoms with E-state index in [1.54, 1.807) is 6.07 Å². The van der Waals surface area contributed by atoms with E-state index < -0.39 is 5.60 Å². The third kappa shape index (κ3) is 3.22. The minimum Gasteiger partial charge on any atom is -0.385 e. The van der Waals surface area contributed by atoms with Crippen molar-refractivity contribution < 1.29 is 9.50 Å². The Morgan fingerprint density at radius 2 is 2.00 bits per heavy atom. The van der Waals surface area contributed by atoms with Gasteiger partial charge in [0.25, 0.3) is 0 Å². The van der Waals surface area contributed by atoms with Crippen LogP contribution in [0.3, 0.4) is 0 Å². The second-order valence-corrected chi connectivity index (χ2v) is 6.56. The third-order valence-electron chi connectivity index (χ3n) is 4.76. The van der Waals surface area contributed by atoms with Gasteiger partial charge in [-0.15, -0.1) is 0 Å². The van der Waals surface area contributed by atoms with Crippen molar-refractivity contribution in [3.05, 3.63) is 34.6 Å². The second-order valence-electron chi connectivity index (χ2n) is 6.56. The van der Waals surface area contributed by atoms with Crippen LogP contribution < -0.4 is 0 Å². The van der Waals surface area contributed by atoms with E-state index in [0.717, 1.165) is 24.0 Å². The minimum atomic E-state index is -0.968. The van der Waals surface area contributed by atoms with Crippen LogP contribution in [0.25, 0.3) is 0 Å². The fraction of sp³-hybridized carbons (Fsp3) is 0.667. The van der Waals surface area contributed by atoms with Gasteiger partial charge >= 0.3 is 0 Å². The van der Waals surface area contributed by atoms with Gasteiger partial charge in [0.2, 0.25) is 0 Å². The Bertz CT molecular complexity index is 445. The molecule has 112 valence electrons. The first-order chi connectivity index (χ1) is 9.46. The van der Waals surface area contributed by atoms with Crippen molar-refractivity contribution in [3.63, 3.8) is 0 Å². The zero-order chi connectivity index (χ0) is 14.8. The molecule has 0 saturated heterocycles. The molecule has 1 fully saturated rings. The quantitative estimate of drug-likeness (QED) is 0.770. The molecule has 0 heterocycles. The summed E-state index contributed by atoms with van der Waals surface area (Å²) in [5, 5.41) is 11.0. The molecule has 1 nitrogen and oxygen atoms in total. The summed E-state index contributed by atoms with van der Waals surface area (Å²) in [4.78, 5) is 0. The van der Waals surface area contributed by atoms with Crippen molar-refractivity contribution in [2.75, 3.05) is 0 Å². The van der Waals surface area contributed by atoms with E-state index in [1.807, 2.05) is 19.9 Å². The van der Waals surface area contributed by atoms with Crippen LogP contribution in [-0.4, -0.2) is 5.11 Å². The fourth-order valence-corrected chi connectivity index (χ4v) is 3.85. The molecular weight excluding hydrogens is 251 g/mol. The zero-order valence-electron chi connectivity index (χ0n) is 13.0. The topological polar surface area (TPSA) is 20.2 Å². The second kappa shape index (κ2) is 6.26. The summed E-state index contributed by atoms with van der Waals surface area (Å²) in [6.07, 6.45) is 6.98. The van der Waals surface area contributed by atoms with Crippen LogP contribution in [0.5, 0.6) is 0 Å². The van der Waals surface area contributed by atoms with Gasteiger partial charge in [0.15, 0.2) is 0 Å². The Balaban J connectivity index is 2.27. The number of hydrogen-bond donors (Lipinski definition) is 1. The van der Waals surface area contributed by atoms with E-state index in [2.05, 4.69) is 6.92 Å². The van der Waals surface area contributed by atoms with Crippen molar-refractivity contribution >= 4 is 0 Å². The van der Waals surface area contributed by atoms with Crippen molar-refractivity contribution in [1.29, 1.82) is 0 Å². The van der Waals surface area contributed by atoms with E-state index >= 15 is 0 Å². The van der Waals surface area contributed by atoms with Crippen LogP contribution in [-0.2, 0) is 5.60 Å². The summed E-state index contributed by atoms with van der Waals surface area (Å²) in [6, 6.07) is 3.53. The molecule has 20 heavy (non-hydrogen) atoms. The highest BCUT2D eigenvalue weighted by Crippen LogP contribution is 2.41. The van der Waals surface area contributed by atoms with Crippen LogP contribution in [0.15, 0.2) is 12.1 Å². The monoisotopic (exact) mass is 278 g/mol. The first-order valence-corrected chi connectivity index (χ1v) is 7.96. The van der Waals surface area contributed by atoms with Gasteiger partial charge < -0.3 is 5.11 Å². The van der Waals surface area contributed by atoms with Crippen LogP contribution in [0.4, 0.5) is 4.39 Å². The highest BCUT2D eigenvalue weighted by atomic mass is 19.1. The summed E-state index contributed by atoms with van der Waals surface area (Å²) >= 11 is 0. The average Bonchev–Trinajstić information content (AvgIpc) is 2.51. The SMILES string of the molecule is CCCC1CCCC(O)(c2c(C)cc(C)cc2F)CC1. The minimum absolute atomic E-state index is 0.237. The van der Waals surface area contributed by atoms with Gasteiger partial charge in [0.1, 0.15) is 5.82 Å². The molecule has 2 atom stereocenters. The van der Waals surface area contributed by atoms with Gasteiger partial charge in [-0.2, -0.15) is 0 Å². The Hall–Kier alpha value is -0.890. The predicted octanol–water partition coefficient (Wildman–Crippen LogP) is 5.01. The standard InChI is InChI=1S/C18H27FO/c1-4-6-15-7-5-9-18(20,10-8-15)17-14(3)11-13(2)12-16(17)19/h11-12,15,20H,4-10H2,1-3H3. The molecule has 2 rings (SSSR count). The molecule has 1 aliphatic rings. The largest absolute Gasteiger partial charge is 0.385 e. The van der Waals surface area contributed by atoms with E-state index in [-0.39, 0.29) is 5.82 Å². The molecule has 0 aliphatic heterocycles. The number of aryl methyl sites for hydroxylation is 2. The average molecular weight is 278 g/mol. The predicted molar refractivity (Wildman–Crippen MR) is 81.3 cm³/mol. The van der Waals surface area contributed by atoms with Crippen molar-refractivity contribution in [1.82, 2.24) is 0 Å². The van der Waals surface area contributed by atoms with Gasteiger partial charge in [-0.1, -0.05) is 32.3 Å². The Morgan fingerprint density at radius 3 is 2.65 bits per heavy atom. The summed E-state index contributed by atoms with van der Waals surface area (Å²) in [5.41, 5.74) is 1.38. The Morgan fingerprint density at radius 1 is 1.25 bits per heavy atom. The highest BCUT2D eigenvalue weighted by molar-refractivity contribution is 5.36. The molecule has 2 unspecified atom stereocenters. The van der Waals surface area contributed by atoms with E-state index in [9.17, 15) is 9.50 Å². The molecule has 1 aliphatic carbocycles. The van der Waals surface area contributed by atoms with E-state index in [0.29, 0.717) is 24.3 Å². The fourth-order valence-electron chi connectivity index (χ4n) is 3.85. The normalized spacial score (nSPS) is 27.4. The van der Waals surface area contributed by atoms with Crippen molar-refractivity contribution in [2.45, 2.75) is 71.3 Å². The summed E-state index contributed by atoms with van der Waals surface area (Å²) in [7, 11) is 0. The van der Waals surface area contributed by atoms with Crippen molar-refractivity contribution in [2.24, 2.45) is 5.92 Å². The summed E-state index contributed by atoms with van der Waals surface area (Å²) in [5.74, 6) is 0.460. The number of halogens is 1. The van der Waals surface area contributed by atoms with Crippen LogP contribution >= 0.6 is 0 Å². The molecule has 0 aromatic heterocycles. The van der Waals surface area contributed by atoms with Crippen LogP contribution in [0.1, 0.15) is 68.6 Å². The molecular formula is C18H27FO. The molecule has 1 N–H and O–H groups in total. The molecule has 0 amide bonds. The van der Waals surface area contributed by atoms with Gasteiger partial charge in [-0.05, 0) is 62.6 Å². The lowest BCUT2D eigenvalue weighted by molar-refractivity contribution is 0.0155. The van der Waals surface area contributed by atoms with Crippen molar-refractivity contribution in [3.8, 4) is 0 Å². The number of hydrogen-bond acceptors (Lipinski definition) is 1. The third-order valence-corrected chi connectivity index (χ3v) is 4.76. The molecule has 0 bridgehead atoms. The van der Waals surface area contributed by atoms with E-state index in [1.165, 1.54) is 19.3 Å². The van der Waals surface area contributed by atoms with Crippen LogP contribution in [0.2, 0.25) is 0 Å². The smallest absolute Gasteiger partial charge is 0.129 e. The lowest BCUT2D eigenvalue weighted by Gasteiger charge is -2.29. The van der Waals surface area contributed by atoms with Gasteiger partial charge in [0, 0.05) is 5.56 Å². The first-order valence-electron chi connectivity index (χ1n) is 7.96. The van der Waals surface area contributed by atoms with Gasteiger partial charge in [0.05, 0.1) is 5.60 Å². The Labute approximate surface area is 122 Å². The van der Waals surface area contributed by atoms with E-state index in [4.69, 9.17) is 0 Å². The van der Waals surface area contributed by atoms with Crippen LogP contribution in [0, 0.1) is 25.6 Å². The van der Waals surface area contributed by atoms with Gasteiger partial charge in [-0.3, -0.25) is 0 Å². The molecule has 0 radical (unpaired) electrons. The summed E-state index contributed by atoms with van der Waals surface area (Å²) < 4.78 is 14.4. The number of aliphatic hydroxyl groups is 1. The lowest BCUT2D eigenvalue weighted by atomic mass is 9.82. The first kappa shape index (κ1) is 15.5. The maximum Gasteiger partial charge on any atom is 0.129 e. The maximum atomic E-state index is 14.4. The highest BCUT2D eigenvalue weighted by Gasteiger charge is 2.35. The maximum absolute atomic E-state index is 14.4.